The standard InChI is InChI=1S/C21H23NO5S/c1-13-3-6-18-14(9-13)10-19(28-18)21(24)27-12-20(23)22-15-4-5-16-17(11-15)26-8-2-7-25-16/h4-5,10-11,13H,2-3,6-9,12H2,1H3,(H,22,23)/t13-/m0/s1. The van der Waals surface area contributed by atoms with Crippen LogP contribution in [0, 0.1) is 5.92 Å². The van der Waals surface area contributed by atoms with Gasteiger partial charge in [0, 0.05) is 23.1 Å². The van der Waals surface area contributed by atoms with Gasteiger partial charge in [-0.25, -0.2) is 4.79 Å². The van der Waals surface area contributed by atoms with E-state index in [0.717, 1.165) is 25.7 Å². The number of benzene rings is 1. The Bertz CT molecular complexity index is 891. The summed E-state index contributed by atoms with van der Waals surface area (Å²) >= 11 is 1.48. The highest BCUT2D eigenvalue weighted by molar-refractivity contribution is 7.14. The van der Waals surface area contributed by atoms with Gasteiger partial charge in [0.25, 0.3) is 5.91 Å². The number of rotatable bonds is 4. The van der Waals surface area contributed by atoms with E-state index in [1.165, 1.54) is 21.8 Å². The molecule has 0 spiro atoms. The van der Waals surface area contributed by atoms with Crippen LogP contribution in [0.2, 0.25) is 0 Å². The summed E-state index contributed by atoms with van der Waals surface area (Å²) in [5, 5.41) is 2.73. The molecule has 2 aromatic rings. The molecule has 28 heavy (non-hydrogen) atoms. The lowest BCUT2D eigenvalue weighted by Gasteiger charge is -2.16. The normalized spacial score (nSPS) is 18.0. The van der Waals surface area contributed by atoms with Crippen LogP contribution in [0.1, 0.15) is 39.9 Å². The number of anilines is 1. The Morgan fingerprint density at radius 1 is 1.21 bits per heavy atom. The molecule has 0 bridgehead atoms. The maximum atomic E-state index is 12.3. The SMILES string of the molecule is C[C@H]1CCc2sc(C(=O)OCC(=O)Nc3ccc4c(c3)OCCCO4)cc2C1. The van der Waals surface area contributed by atoms with Crippen LogP contribution < -0.4 is 14.8 Å². The smallest absolute Gasteiger partial charge is 0.348 e. The van der Waals surface area contributed by atoms with Gasteiger partial charge in [-0.15, -0.1) is 11.3 Å². The van der Waals surface area contributed by atoms with Crippen LogP contribution >= 0.6 is 11.3 Å². The summed E-state index contributed by atoms with van der Waals surface area (Å²) < 4.78 is 16.4. The van der Waals surface area contributed by atoms with Crippen molar-refractivity contribution >= 4 is 28.9 Å². The molecule has 0 unspecified atom stereocenters. The first kappa shape index (κ1) is 18.8. The van der Waals surface area contributed by atoms with Gasteiger partial charge in [-0.1, -0.05) is 6.92 Å². The number of hydrogen-bond acceptors (Lipinski definition) is 6. The molecule has 1 aromatic carbocycles. The summed E-state index contributed by atoms with van der Waals surface area (Å²) in [6.45, 7) is 3.08. The quantitative estimate of drug-likeness (QED) is 0.788. The average molecular weight is 401 g/mol. The molecule has 0 fully saturated rings. The molecule has 0 saturated carbocycles. The summed E-state index contributed by atoms with van der Waals surface area (Å²) in [7, 11) is 0. The van der Waals surface area contributed by atoms with E-state index < -0.39 is 11.9 Å². The molecular formula is C21H23NO5S. The zero-order valence-corrected chi connectivity index (χ0v) is 16.6. The van der Waals surface area contributed by atoms with E-state index >= 15 is 0 Å². The predicted octanol–water partition coefficient (Wildman–Crippen LogP) is 3.83. The Labute approximate surface area is 167 Å². The van der Waals surface area contributed by atoms with Crippen LogP contribution in [-0.4, -0.2) is 31.7 Å². The fraction of sp³-hybridized carbons (Fsp3) is 0.429. The maximum absolute atomic E-state index is 12.3. The monoisotopic (exact) mass is 401 g/mol. The van der Waals surface area contributed by atoms with Crippen molar-refractivity contribution in [1.29, 1.82) is 0 Å². The zero-order chi connectivity index (χ0) is 19.5. The largest absolute Gasteiger partial charge is 0.490 e. The van der Waals surface area contributed by atoms with Crippen molar-refractivity contribution in [3.8, 4) is 11.5 Å². The summed E-state index contributed by atoms with van der Waals surface area (Å²) in [6.07, 6.45) is 3.99. The van der Waals surface area contributed by atoms with Crippen molar-refractivity contribution in [1.82, 2.24) is 0 Å². The number of hydrogen-bond donors (Lipinski definition) is 1. The number of esters is 1. The molecule has 1 amide bonds. The molecule has 4 rings (SSSR count). The number of amides is 1. The molecule has 2 aliphatic rings. The fourth-order valence-electron chi connectivity index (χ4n) is 3.45. The zero-order valence-electron chi connectivity index (χ0n) is 15.8. The minimum atomic E-state index is -0.444. The molecule has 6 nitrogen and oxygen atoms in total. The first-order chi connectivity index (χ1) is 13.6. The first-order valence-electron chi connectivity index (χ1n) is 9.56. The molecule has 1 aliphatic heterocycles. The molecule has 2 heterocycles. The lowest BCUT2D eigenvalue weighted by molar-refractivity contribution is -0.119. The topological polar surface area (TPSA) is 73.9 Å². The average Bonchev–Trinajstić information content (AvgIpc) is 2.96. The highest BCUT2D eigenvalue weighted by Gasteiger charge is 2.22. The van der Waals surface area contributed by atoms with Crippen LogP contribution in [0.4, 0.5) is 5.69 Å². The first-order valence-corrected chi connectivity index (χ1v) is 10.4. The molecule has 0 saturated heterocycles. The van der Waals surface area contributed by atoms with Crippen molar-refractivity contribution in [2.24, 2.45) is 5.92 Å². The van der Waals surface area contributed by atoms with Gasteiger partial charge in [0.05, 0.1) is 13.2 Å². The molecular weight excluding hydrogens is 378 g/mol. The number of carbonyl (C=O) groups excluding carboxylic acids is 2. The van der Waals surface area contributed by atoms with Gasteiger partial charge < -0.3 is 19.5 Å². The summed E-state index contributed by atoms with van der Waals surface area (Å²) in [5.74, 6) is 1.08. The maximum Gasteiger partial charge on any atom is 0.348 e. The Morgan fingerprint density at radius 2 is 2.04 bits per heavy atom. The Hall–Kier alpha value is -2.54. The molecule has 1 N–H and O–H groups in total. The number of nitrogens with one attached hydrogen (secondary N) is 1. The van der Waals surface area contributed by atoms with E-state index in [1.54, 1.807) is 18.2 Å². The van der Waals surface area contributed by atoms with Gasteiger partial charge in [0.1, 0.15) is 4.88 Å². The second kappa shape index (κ2) is 8.22. The molecule has 1 aromatic heterocycles. The van der Waals surface area contributed by atoms with Crippen molar-refractivity contribution in [2.45, 2.75) is 32.6 Å². The van der Waals surface area contributed by atoms with Gasteiger partial charge in [-0.2, -0.15) is 0 Å². The van der Waals surface area contributed by atoms with Crippen LogP contribution in [0.3, 0.4) is 0 Å². The Morgan fingerprint density at radius 3 is 2.89 bits per heavy atom. The highest BCUT2D eigenvalue weighted by atomic mass is 32.1. The third-order valence-corrected chi connectivity index (χ3v) is 6.11. The van der Waals surface area contributed by atoms with Crippen LogP contribution in [-0.2, 0) is 22.4 Å². The van der Waals surface area contributed by atoms with E-state index in [9.17, 15) is 9.59 Å². The van der Waals surface area contributed by atoms with Crippen LogP contribution in [0.15, 0.2) is 24.3 Å². The summed E-state index contributed by atoms with van der Waals surface area (Å²) in [6, 6.07) is 7.13. The molecule has 0 radical (unpaired) electrons. The van der Waals surface area contributed by atoms with Gasteiger partial charge in [0.15, 0.2) is 18.1 Å². The highest BCUT2D eigenvalue weighted by Crippen LogP contribution is 2.33. The number of aryl methyl sites for hydroxylation is 1. The molecule has 1 atom stereocenters. The van der Waals surface area contributed by atoms with Crippen molar-refractivity contribution in [3.63, 3.8) is 0 Å². The van der Waals surface area contributed by atoms with E-state index in [0.29, 0.717) is 41.2 Å². The van der Waals surface area contributed by atoms with Gasteiger partial charge in [0.2, 0.25) is 0 Å². The summed E-state index contributed by atoms with van der Waals surface area (Å²) in [5.41, 5.74) is 1.82. The van der Waals surface area contributed by atoms with E-state index in [2.05, 4.69) is 12.2 Å². The van der Waals surface area contributed by atoms with Gasteiger partial charge >= 0.3 is 5.97 Å². The third-order valence-electron chi connectivity index (χ3n) is 4.90. The predicted molar refractivity (Wildman–Crippen MR) is 106 cm³/mol. The molecule has 7 heteroatoms. The van der Waals surface area contributed by atoms with Crippen molar-refractivity contribution in [2.75, 3.05) is 25.1 Å². The Balaban J connectivity index is 1.32. The van der Waals surface area contributed by atoms with Crippen LogP contribution in [0.25, 0.3) is 0 Å². The van der Waals surface area contributed by atoms with Crippen molar-refractivity contribution < 1.29 is 23.8 Å². The second-order valence-corrected chi connectivity index (χ2v) is 8.38. The Kier molecular flexibility index (Phi) is 5.52. The summed E-state index contributed by atoms with van der Waals surface area (Å²) in [4.78, 5) is 26.3. The van der Waals surface area contributed by atoms with Crippen LogP contribution in [0.5, 0.6) is 11.5 Å². The lowest BCUT2D eigenvalue weighted by atomic mass is 9.90. The number of thiophene rings is 1. The number of fused-ring (bicyclic) bond motifs is 2. The molecule has 1 aliphatic carbocycles. The number of carbonyl (C=O) groups is 2. The van der Waals surface area contributed by atoms with Gasteiger partial charge in [-0.3, -0.25) is 4.79 Å². The number of ether oxygens (including phenoxy) is 3. The fourth-order valence-corrected chi connectivity index (χ4v) is 4.55. The lowest BCUT2D eigenvalue weighted by Crippen LogP contribution is -2.20. The second-order valence-electron chi connectivity index (χ2n) is 7.24. The minimum absolute atomic E-state index is 0.327. The minimum Gasteiger partial charge on any atom is -0.490 e. The van der Waals surface area contributed by atoms with E-state index in [4.69, 9.17) is 14.2 Å². The van der Waals surface area contributed by atoms with Crippen molar-refractivity contribution in [3.05, 3.63) is 39.6 Å². The van der Waals surface area contributed by atoms with E-state index in [1.807, 2.05) is 6.07 Å². The van der Waals surface area contributed by atoms with E-state index in [-0.39, 0.29) is 6.61 Å². The molecule has 148 valence electrons. The third kappa shape index (κ3) is 4.30. The van der Waals surface area contributed by atoms with Gasteiger partial charge in [-0.05, 0) is 48.9 Å².